The van der Waals surface area contributed by atoms with Crippen molar-refractivity contribution in [2.45, 2.75) is 45.6 Å². The summed E-state index contributed by atoms with van der Waals surface area (Å²) in [5.74, 6) is 1.53. The predicted octanol–water partition coefficient (Wildman–Crippen LogP) is 6.39. The molecule has 6 aromatic rings. The summed E-state index contributed by atoms with van der Waals surface area (Å²) < 4.78 is 2.07. The smallest absolute Gasteiger partial charge is 0.205 e. The van der Waals surface area contributed by atoms with Crippen molar-refractivity contribution in [2.75, 3.05) is 0 Å². The van der Waals surface area contributed by atoms with Crippen molar-refractivity contribution in [3.05, 3.63) is 120 Å². The number of rotatable bonds is 12. The normalized spacial score (nSPS) is 11.1. The Balaban J connectivity index is 1.28. The van der Waals surface area contributed by atoms with E-state index >= 15 is 0 Å². The second-order valence-corrected chi connectivity index (χ2v) is 10.4. The minimum absolute atomic E-state index is 0.0556. The van der Waals surface area contributed by atoms with Gasteiger partial charge in [-0.25, -0.2) is 4.98 Å². The molecule has 1 N–H and O–H groups in total. The van der Waals surface area contributed by atoms with Gasteiger partial charge in [-0.05, 0) is 58.0 Å². The Bertz CT molecular complexity index is 1780. The molecule has 9 nitrogen and oxygen atoms in total. The van der Waals surface area contributed by atoms with Gasteiger partial charge in [-0.3, -0.25) is 14.8 Å². The van der Waals surface area contributed by atoms with E-state index in [4.69, 9.17) is 0 Å². The van der Waals surface area contributed by atoms with Crippen LogP contribution in [0, 0.1) is 0 Å². The number of nitrogens with zero attached hydrogens (tertiary/aromatic N) is 7. The van der Waals surface area contributed by atoms with E-state index in [0.717, 1.165) is 64.2 Å². The average molecular weight is 569 g/mol. The van der Waals surface area contributed by atoms with Crippen LogP contribution in [0.3, 0.4) is 0 Å². The van der Waals surface area contributed by atoms with Crippen LogP contribution < -0.4 is 0 Å². The number of nitrogens with one attached hydrogen (secondary N) is 1. The molecule has 0 aliphatic carbocycles. The maximum absolute atomic E-state index is 13.3. The maximum atomic E-state index is 13.3. The Morgan fingerprint density at radius 1 is 0.837 bits per heavy atom. The molecule has 0 fully saturated rings. The molecule has 0 aliphatic heterocycles. The maximum Gasteiger partial charge on any atom is 0.205 e. The van der Waals surface area contributed by atoms with E-state index < -0.39 is 0 Å². The highest BCUT2D eigenvalue weighted by molar-refractivity contribution is 5.94. The van der Waals surface area contributed by atoms with Gasteiger partial charge < -0.3 is 4.57 Å². The minimum atomic E-state index is 0.0556. The molecule has 0 atom stereocenters. The van der Waals surface area contributed by atoms with E-state index in [0.29, 0.717) is 30.9 Å². The lowest BCUT2D eigenvalue weighted by atomic mass is 9.93. The molecule has 0 amide bonds. The first-order valence-corrected chi connectivity index (χ1v) is 14.5. The van der Waals surface area contributed by atoms with Crippen LogP contribution in [0.5, 0.6) is 0 Å². The Kier molecular flexibility index (Phi) is 8.49. The van der Waals surface area contributed by atoms with Gasteiger partial charge in [0.25, 0.3) is 0 Å². The summed E-state index contributed by atoms with van der Waals surface area (Å²) in [6, 6.07) is 25.0. The Morgan fingerprint density at radius 3 is 2.42 bits per heavy atom. The number of carbonyl (C=O) groups is 1. The van der Waals surface area contributed by atoms with Crippen molar-refractivity contribution in [3.63, 3.8) is 0 Å². The zero-order chi connectivity index (χ0) is 29.4. The largest absolute Gasteiger partial charge is 0.321 e. The number of aryl methyl sites for hydroxylation is 2. The third-order valence-corrected chi connectivity index (χ3v) is 7.52. The van der Waals surface area contributed by atoms with Crippen molar-refractivity contribution in [3.8, 4) is 33.6 Å². The van der Waals surface area contributed by atoms with Gasteiger partial charge in [-0.15, -0.1) is 10.2 Å². The Hall–Kier alpha value is -5.31. The van der Waals surface area contributed by atoms with Crippen molar-refractivity contribution in [1.82, 2.24) is 40.1 Å². The monoisotopic (exact) mass is 568 g/mol. The van der Waals surface area contributed by atoms with Gasteiger partial charge in [0.15, 0.2) is 5.78 Å². The summed E-state index contributed by atoms with van der Waals surface area (Å²) in [6.45, 7) is 2.72. The van der Waals surface area contributed by atoms with Crippen LogP contribution in [0.2, 0.25) is 0 Å². The lowest BCUT2D eigenvalue weighted by molar-refractivity contribution is 0.0973. The number of carbonyl (C=O) groups excluding carboxylic acids is 1. The SMILES string of the molecule is CCCCc1ncc(C(=O)CCc2cnccn2)n1Cc1ccc(-c2cc(-c3ccccc3)ccc2-c2nn[nH]n2)cc1. The van der Waals surface area contributed by atoms with E-state index in [2.05, 4.69) is 95.6 Å². The summed E-state index contributed by atoms with van der Waals surface area (Å²) in [5.41, 5.74) is 7.72. The lowest BCUT2D eigenvalue weighted by Gasteiger charge is -2.14. The number of aromatic nitrogens is 8. The van der Waals surface area contributed by atoms with Crippen molar-refractivity contribution < 1.29 is 4.79 Å². The number of hydrogen-bond acceptors (Lipinski definition) is 7. The summed E-state index contributed by atoms with van der Waals surface area (Å²) in [5, 5.41) is 14.8. The molecule has 0 unspecified atom stereocenters. The Labute approximate surface area is 250 Å². The second kappa shape index (κ2) is 13.1. The first kappa shape index (κ1) is 27.8. The van der Waals surface area contributed by atoms with Gasteiger partial charge in [-0.1, -0.05) is 74.0 Å². The summed E-state index contributed by atoms with van der Waals surface area (Å²) >= 11 is 0. The quantitative estimate of drug-likeness (QED) is 0.170. The molecule has 0 bridgehead atoms. The van der Waals surface area contributed by atoms with Crippen molar-refractivity contribution in [2.24, 2.45) is 0 Å². The third-order valence-electron chi connectivity index (χ3n) is 7.52. The Morgan fingerprint density at radius 2 is 1.67 bits per heavy atom. The molecule has 3 aromatic carbocycles. The van der Waals surface area contributed by atoms with Crippen LogP contribution in [-0.4, -0.2) is 45.9 Å². The number of unbranched alkanes of at least 4 members (excludes halogenated alkanes) is 1. The lowest BCUT2D eigenvalue weighted by Crippen LogP contribution is -2.14. The highest BCUT2D eigenvalue weighted by atomic mass is 16.1. The molecule has 9 heteroatoms. The second-order valence-electron chi connectivity index (χ2n) is 10.4. The zero-order valence-corrected chi connectivity index (χ0v) is 24.0. The van der Waals surface area contributed by atoms with Gasteiger partial charge in [-0.2, -0.15) is 5.21 Å². The van der Waals surface area contributed by atoms with Gasteiger partial charge in [0.1, 0.15) is 11.5 Å². The molecule has 43 heavy (non-hydrogen) atoms. The molecular weight excluding hydrogens is 536 g/mol. The molecule has 3 heterocycles. The van der Waals surface area contributed by atoms with Gasteiger partial charge in [0, 0.05) is 43.5 Å². The molecule has 0 aliphatic rings. The number of H-pyrrole nitrogens is 1. The van der Waals surface area contributed by atoms with Crippen LogP contribution >= 0.6 is 0 Å². The first-order chi connectivity index (χ1) is 21.2. The van der Waals surface area contributed by atoms with Crippen LogP contribution in [0.25, 0.3) is 33.6 Å². The van der Waals surface area contributed by atoms with Gasteiger partial charge >= 0.3 is 0 Å². The van der Waals surface area contributed by atoms with Crippen LogP contribution in [0.4, 0.5) is 0 Å². The molecule has 0 saturated carbocycles. The molecule has 0 saturated heterocycles. The number of benzene rings is 3. The fourth-order valence-electron chi connectivity index (χ4n) is 5.21. The molecule has 3 aromatic heterocycles. The van der Waals surface area contributed by atoms with E-state index in [1.807, 2.05) is 24.3 Å². The minimum Gasteiger partial charge on any atom is -0.321 e. The third kappa shape index (κ3) is 6.46. The summed E-state index contributed by atoms with van der Waals surface area (Å²) in [6.07, 6.45) is 10.5. The van der Waals surface area contributed by atoms with E-state index in [1.165, 1.54) is 0 Å². The van der Waals surface area contributed by atoms with Gasteiger partial charge in [0.2, 0.25) is 5.82 Å². The summed E-state index contributed by atoms with van der Waals surface area (Å²) in [7, 11) is 0. The predicted molar refractivity (Wildman–Crippen MR) is 165 cm³/mol. The standard InChI is InChI=1S/C34H32N8O/c1-2-3-9-33-37-22-31(32(43)17-15-28-21-35-18-19-36-28)42(33)23-24-10-12-26(13-11-24)30-20-27(25-7-5-4-6-8-25)14-16-29(30)34-38-40-41-39-34/h4-8,10-14,16,18-22H,2-3,9,15,17,23H2,1H3,(H,38,39,40,41). The number of tetrazole rings is 1. The number of hydrogen-bond donors (Lipinski definition) is 1. The summed E-state index contributed by atoms with van der Waals surface area (Å²) in [4.78, 5) is 26.4. The van der Waals surface area contributed by atoms with Crippen LogP contribution in [0.15, 0.2) is 97.6 Å². The number of imidazole rings is 1. The zero-order valence-electron chi connectivity index (χ0n) is 24.0. The fourth-order valence-corrected chi connectivity index (χ4v) is 5.21. The average Bonchev–Trinajstić information content (AvgIpc) is 3.74. The molecule has 6 rings (SSSR count). The number of ketones is 1. The van der Waals surface area contributed by atoms with E-state index in [9.17, 15) is 4.79 Å². The van der Waals surface area contributed by atoms with Gasteiger partial charge in [0.05, 0.1) is 11.9 Å². The van der Waals surface area contributed by atoms with Crippen molar-refractivity contribution >= 4 is 5.78 Å². The van der Waals surface area contributed by atoms with E-state index in [-0.39, 0.29) is 5.78 Å². The highest BCUT2D eigenvalue weighted by Crippen LogP contribution is 2.34. The van der Waals surface area contributed by atoms with Crippen LogP contribution in [0.1, 0.15) is 53.8 Å². The molecule has 0 spiro atoms. The fraction of sp³-hybridized carbons (Fsp3) is 0.206. The number of aromatic amines is 1. The molecule has 214 valence electrons. The van der Waals surface area contributed by atoms with Crippen LogP contribution in [-0.2, 0) is 19.4 Å². The molecule has 0 radical (unpaired) electrons. The molecular formula is C34H32N8O. The first-order valence-electron chi connectivity index (χ1n) is 14.5. The topological polar surface area (TPSA) is 115 Å². The van der Waals surface area contributed by atoms with E-state index in [1.54, 1.807) is 24.8 Å². The van der Waals surface area contributed by atoms with Crippen molar-refractivity contribution in [1.29, 1.82) is 0 Å². The highest BCUT2D eigenvalue weighted by Gasteiger charge is 2.18. The number of Topliss-reactive ketones (excluding diaryl/α,β-unsaturated/α-hetero) is 1.